The maximum atomic E-state index is 10.1. The molecule has 1 aliphatic carbocycles. The van der Waals surface area contributed by atoms with E-state index in [9.17, 15) is 4.79 Å². The summed E-state index contributed by atoms with van der Waals surface area (Å²) in [5.41, 5.74) is 0. The van der Waals surface area contributed by atoms with Crippen LogP contribution in [0.25, 0.3) is 0 Å². The van der Waals surface area contributed by atoms with E-state index in [1.54, 1.807) is 0 Å². The lowest BCUT2D eigenvalue weighted by Crippen LogP contribution is -2.32. The molecule has 0 saturated heterocycles. The van der Waals surface area contributed by atoms with Crippen LogP contribution in [-0.4, -0.2) is 17.2 Å². The van der Waals surface area contributed by atoms with E-state index in [0.717, 1.165) is 19.3 Å². The predicted molar refractivity (Wildman–Crippen MR) is 37.9 cm³/mol. The molecule has 0 bridgehead atoms. The number of amides is 1. The van der Waals surface area contributed by atoms with Crippen molar-refractivity contribution in [2.75, 3.05) is 0 Å². The van der Waals surface area contributed by atoms with E-state index >= 15 is 0 Å². The van der Waals surface area contributed by atoms with Gasteiger partial charge in [-0.2, -0.15) is 0 Å². The standard InChI is InChI=1S/C7H11NO2/c9-7(10)8-6-4-2-1-3-5-6/h2,4,6,8H,1,3,5H2,(H,9,10). The second-order valence-corrected chi connectivity index (χ2v) is 2.42. The van der Waals surface area contributed by atoms with Crippen molar-refractivity contribution in [1.29, 1.82) is 0 Å². The van der Waals surface area contributed by atoms with Gasteiger partial charge in [0.05, 0.1) is 6.04 Å². The molecule has 0 saturated carbocycles. The molecule has 0 aromatic heterocycles. The SMILES string of the molecule is O=C(O)NC1C=CCCC1. The zero-order chi connectivity index (χ0) is 7.40. The first-order chi connectivity index (χ1) is 4.79. The largest absolute Gasteiger partial charge is 0.465 e. The summed E-state index contributed by atoms with van der Waals surface area (Å²) in [6, 6.07) is 0.0475. The lowest BCUT2D eigenvalue weighted by molar-refractivity contribution is 0.191. The molecule has 56 valence electrons. The number of carbonyl (C=O) groups is 1. The first-order valence-electron chi connectivity index (χ1n) is 3.45. The molecule has 0 aromatic carbocycles. The molecule has 3 nitrogen and oxygen atoms in total. The van der Waals surface area contributed by atoms with Crippen molar-refractivity contribution >= 4 is 6.09 Å². The molecule has 0 fully saturated rings. The highest BCUT2D eigenvalue weighted by Crippen LogP contribution is 2.09. The van der Waals surface area contributed by atoms with Crippen LogP contribution in [0, 0.1) is 0 Å². The molecule has 1 unspecified atom stereocenters. The molecule has 1 aliphatic rings. The quantitative estimate of drug-likeness (QED) is 0.542. The molecule has 2 N–H and O–H groups in total. The molecule has 1 rings (SSSR count). The Balaban J connectivity index is 2.33. The second kappa shape index (κ2) is 3.25. The Hall–Kier alpha value is -0.990. The van der Waals surface area contributed by atoms with Gasteiger partial charge in [0.2, 0.25) is 0 Å². The van der Waals surface area contributed by atoms with Crippen molar-refractivity contribution in [1.82, 2.24) is 5.32 Å². The molecule has 0 spiro atoms. The van der Waals surface area contributed by atoms with Crippen LogP contribution in [0.1, 0.15) is 19.3 Å². The van der Waals surface area contributed by atoms with Gasteiger partial charge in [0, 0.05) is 0 Å². The summed E-state index contributed by atoms with van der Waals surface area (Å²) in [5, 5.41) is 10.7. The number of nitrogens with one attached hydrogen (secondary N) is 1. The summed E-state index contributed by atoms with van der Waals surface area (Å²) in [7, 11) is 0. The van der Waals surface area contributed by atoms with E-state index < -0.39 is 6.09 Å². The topological polar surface area (TPSA) is 49.3 Å². The molecule has 0 aromatic rings. The number of rotatable bonds is 1. The van der Waals surface area contributed by atoms with E-state index in [0.29, 0.717) is 0 Å². The van der Waals surface area contributed by atoms with E-state index in [-0.39, 0.29) is 6.04 Å². The van der Waals surface area contributed by atoms with E-state index in [2.05, 4.69) is 5.32 Å². The lowest BCUT2D eigenvalue weighted by atomic mass is 10.0. The van der Waals surface area contributed by atoms with Crippen molar-refractivity contribution in [3.8, 4) is 0 Å². The fraction of sp³-hybridized carbons (Fsp3) is 0.571. The third-order valence-corrected chi connectivity index (χ3v) is 1.56. The van der Waals surface area contributed by atoms with Crippen molar-refractivity contribution in [3.05, 3.63) is 12.2 Å². The van der Waals surface area contributed by atoms with Crippen LogP contribution in [0.2, 0.25) is 0 Å². The number of hydrogen-bond donors (Lipinski definition) is 2. The Morgan fingerprint density at radius 3 is 3.00 bits per heavy atom. The Bertz CT molecular complexity index is 154. The number of hydrogen-bond acceptors (Lipinski definition) is 1. The molecular weight excluding hydrogens is 130 g/mol. The van der Waals surface area contributed by atoms with Crippen LogP contribution >= 0.6 is 0 Å². The van der Waals surface area contributed by atoms with Crippen molar-refractivity contribution in [2.24, 2.45) is 0 Å². The van der Waals surface area contributed by atoms with Gasteiger partial charge in [0.1, 0.15) is 0 Å². The average Bonchev–Trinajstić information content (AvgIpc) is 1.88. The highest BCUT2D eigenvalue weighted by atomic mass is 16.4. The third-order valence-electron chi connectivity index (χ3n) is 1.56. The summed E-state index contributed by atoms with van der Waals surface area (Å²) in [4.78, 5) is 10.1. The van der Waals surface area contributed by atoms with Crippen molar-refractivity contribution in [2.45, 2.75) is 25.3 Å². The fourth-order valence-electron chi connectivity index (χ4n) is 1.09. The summed E-state index contributed by atoms with van der Waals surface area (Å²) >= 11 is 0. The van der Waals surface area contributed by atoms with Gasteiger partial charge in [-0.3, -0.25) is 0 Å². The predicted octanol–water partition coefficient (Wildman–Crippen LogP) is 1.36. The zero-order valence-corrected chi connectivity index (χ0v) is 5.71. The molecule has 0 radical (unpaired) electrons. The van der Waals surface area contributed by atoms with Crippen LogP contribution in [0.4, 0.5) is 4.79 Å². The molecular formula is C7H11NO2. The fourth-order valence-corrected chi connectivity index (χ4v) is 1.09. The molecule has 0 heterocycles. The van der Waals surface area contributed by atoms with Crippen LogP contribution < -0.4 is 5.32 Å². The molecule has 0 aliphatic heterocycles. The first-order valence-corrected chi connectivity index (χ1v) is 3.45. The number of carboxylic acid groups (broad SMARTS) is 1. The van der Waals surface area contributed by atoms with Gasteiger partial charge in [-0.1, -0.05) is 12.2 Å². The summed E-state index contributed by atoms with van der Waals surface area (Å²) in [5.74, 6) is 0. The Labute approximate surface area is 59.7 Å². The molecule has 1 amide bonds. The van der Waals surface area contributed by atoms with Crippen molar-refractivity contribution in [3.63, 3.8) is 0 Å². The van der Waals surface area contributed by atoms with Crippen LogP contribution in [0.5, 0.6) is 0 Å². The minimum atomic E-state index is -0.934. The minimum Gasteiger partial charge on any atom is -0.465 e. The molecule has 10 heavy (non-hydrogen) atoms. The van der Waals surface area contributed by atoms with Gasteiger partial charge in [-0.15, -0.1) is 0 Å². The normalized spacial score (nSPS) is 24.2. The van der Waals surface area contributed by atoms with Gasteiger partial charge in [-0.05, 0) is 19.3 Å². The maximum Gasteiger partial charge on any atom is 0.405 e. The smallest absolute Gasteiger partial charge is 0.405 e. The highest BCUT2D eigenvalue weighted by Gasteiger charge is 2.09. The maximum absolute atomic E-state index is 10.1. The average molecular weight is 141 g/mol. The Morgan fingerprint density at radius 1 is 1.70 bits per heavy atom. The van der Waals surface area contributed by atoms with Crippen LogP contribution in [0.15, 0.2) is 12.2 Å². The summed E-state index contributed by atoms with van der Waals surface area (Å²) in [6.07, 6.45) is 6.10. The lowest BCUT2D eigenvalue weighted by Gasteiger charge is -2.15. The van der Waals surface area contributed by atoms with Crippen molar-refractivity contribution < 1.29 is 9.90 Å². The van der Waals surface area contributed by atoms with Gasteiger partial charge in [0.15, 0.2) is 0 Å². The first kappa shape index (κ1) is 7.12. The van der Waals surface area contributed by atoms with E-state index in [1.807, 2.05) is 12.2 Å². The van der Waals surface area contributed by atoms with Gasteiger partial charge in [-0.25, -0.2) is 4.79 Å². The van der Waals surface area contributed by atoms with Gasteiger partial charge >= 0.3 is 6.09 Å². The second-order valence-electron chi connectivity index (χ2n) is 2.42. The van der Waals surface area contributed by atoms with E-state index in [1.165, 1.54) is 0 Å². The van der Waals surface area contributed by atoms with E-state index in [4.69, 9.17) is 5.11 Å². The Kier molecular flexibility index (Phi) is 2.31. The van der Waals surface area contributed by atoms with Gasteiger partial charge < -0.3 is 10.4 Å². The number of allylic oxidation sites excluding steroid dienone is 1. The van der Waals surface area contributed by atoms with Crippen LogP contribution in [0.3, 0.4) is 0 Å². The van der Waals surface area contributed by atoms with Gasteiger partial charge in [0.25, 0.3) is 0 Å². The summed E-state index contributed by atoms with van der Waals surface area (Å²) < 4.78 is 0. The molecule has 3 heteroatoms. The Morgan fingerprint density at radius 2 is 2.50 bits per heavy atom. The third kappa shape index (κ3) is 2.09. The highest BCUT2D eigenvalue weighted by molar-refractivity contribution is 5.65. The van der Waals surface area contributed by atoms with Crippen LogP contribution in [-0.2, 0) is 0 Å². The zero-order valence-electron chi connectivity index (χ0n) is 5.71. The summed E-state index contributed by atoms with van der Waals surface area (Å²) in [6.45, 7) is 0. The minimum absolute atomic E-state index is 0.0475. The monoisotopic (exact) mass is 141 g/mol. The molecule has 1 atom stereocenters.